The minimum absolute atomic E-state index is 0.0700. The van der Waals surface area contributed by atoms with Gasteiger partial charge in [0.15, 0.2) is 5.13 Å². The maximum Gasteiger partial charge on any atom is 0.416 e. The lowest BCUT2D eigenvalue weighted by atomic mass is 9.99. The van der Waals surface area contributed by atoms with Crippen molar-refractivity contribution >= 4 is 39.1 Å². The average molecular weight is 608 g/mol. The molecule has 2 N–H and O–H groups in total. The molecule has 3 aromatic rings. The number of alkyl halides is 3. The van der Waals surface area contributed by atoms with E-state index in [9.17, 15) is 22.4 Å². The molecule has 9 nitrogen and oxygen atoms in total. The van der Waals surface area contributed by atoms with Gasteiger partial charge in [-0.25, -0.2) is 19.3 Å². The van der Waals surface area contributed by atoms with E-state index in [2.05, 4.69) is 41.9 Å². The molecule has 4 heterocycles. The summed E-state index contributed by atoms with van der Waals surface area (Å²) in [7, 11) is 0. The molecule has 2 fully saturated rings. The van der Waals surface area contributed by atoms with Gasteiger partial charge in [-0.2, -0.15) is 13.2 Å². The van der Waals surface area contributed by atoms with Crippen LogP contribution in [-0.4, -0.2) is 76.7 Å². The van der Waals surface area contributed by atoms with Crippen LogP contribution < -0.4 is 15.1 Å². The second-order valence-electron chi connectivity index (χ2n) is 10.8. The predicted molar refractivity (Wildman–Crippen MR) is 154 cm³/mol. The summed E-state index contributed by atoms with van der Waals surface area (Å²) in [4.78, 5) is 31.0. The maximum atomic E-state index is 14.4. The van der Waals surface area contributed by atoms with Crippen molar-refractivity contribution in [3.05, 3.63) is 41.5 Å². The van der Waals surface area contributed by atoms with E-state index in [1.807, 2.05) is 0 Å². The number of piperidine rings is 1. The lowest BCUT2D eigenvalue weighted by Gasteiger charge is -2.35. The summed E-state index contributed by atoms with van der Waals surface area (Å²) in [6.07, 6.45) is -2.71. The molecule has 0 spiro atoms. The largest absolute Gasteiger partial charge is 0.481 e. The zero-order valence-corrected chi connectivity index (χ0v) is 24.2. The smallest absolute Gasteiger partial charge is 0.416 e. The molecule has 2 saturated heterocycles. The number of nitrogens with zero attached hydrogens (tertiary/aromatic N) is 6. The Bertz CT molecular complexity index is 1420. The molecule has 1 aromatic carbocycles. The number of nitrogens with one attached hydrogen (secondary N) is 1. The van der Waals surface area contributed by atoms with Crippen LogP contribution in [0, 0.1) is 18.7 Å². The number of carboxylic acid groups (broad SMARTS) is 1. The monoisotopic (exact) mass is 607 g/mol. The fourth-order valence-corrected chi connectivity index (χ4v) is 6.26. The van der Waals surface area contributed by atoms with Gasteiger partial charge in [-0.3, -0.25) is 9.69 Å². The molecule has 0 radical (unpaired) electrons. The molecule has 5 rings (SSSR count). The van der Waals surface area contributed by atoms with Crippen LogP contribution in [0.1, 0.15) is 37.6 Å². The molecule has 0 bridgehead atoms. The van der Waals surface area contributed by atoms with Gasteiger partial charge in [0.25, 0.3) is 0 Å². The summed E-state index contributed by atoms with van der Waals surface area (Å²) in [5.41, 5.74) is -0.691. The van der Waals surface area contributed by atoms with Crippen LogP contribution in [0.15, 0.2) is 24.3 Å². The first-order valence-corrected chi connectivity index (χ1v) is 14.7. The molecule has 0 saturated carbocycles. The minimum Gasteiger partial charge on any atom is -0.481 e. The zero-order valence-electron chi connectivity index (χ0n) is 23.4. The molecule has 2 aliphatic rings. The molecule has 0 amide bonds. The van der Waals surface area contributed by atoms with E-state index in [0.717, 1.165) is 38.1 Å². The van der Waals surface area contributed by atoms with Crippen LogP contribution in [0.3, 0.4) is 0 Å². The Morgan fingerprint density at radius 3 is 2.40 bits per heavy atom. The number of hydrogen-bond acceptors (Lipinski definition) is 9. The molecule has 0 aliphatic carbocycles. The van der Waals surface area contributed by atoms with E-state index in [-0.39, 0.29) is 12.0 Å². The van der Waals surface area contributed by atoms with E-state index in [1.165, 1.54) is 11.3 Å². The Kier molecular flexibility index (Phi) is 8.83. The van der Waals surface area contributed by atoms with Gasteiger partial charge in [-0.1, -0.05) is 18.3 Å². The summed E-state index contributed by atoms with van der Waals surface area (Å²) in [5.74, 6) is 0.485. The van der Waals surface area contributed by atoms with E-state index < -0.39 is 23.5 Å². The molecule has 0 atom stereocenters. The second kappa shape index (κ2) is 12.4. The summed E-state index contributed by atoms with van der Waals surface area (Å²) in [5, 5.41) is 13.3. The van der Waals surface area contributed by atoms with Crippen molar-refractivity contribution in [1.82, 2.24) is 19.9 Å². The normalized spacial score (nSPS) is 17.1. The Balaban J connectivity index is 1.41. The van der Waals surface area contributed by atoms with Crippen LogP contribution in [0.25, 0.3) is 11.3 Å². The molecule has 14 heteroatoms. The van der Waals surface area contributed by atoms with Gasteiger partial charge in [0.1, 0.15) is 34.0 Å². The molecule has 226 valence electrons. The number of thiazole rings is 1. The predicted octanol–water partition coefficient (Wildman–Crippen LogP) is 5.64. The number of piperazine rings is 1. The van der Waals surface area contributed by atoms with Gasteiger partial charge < -0.3 is 20.2 Å². The molecule has 0 unspecified atom stereocenters. The average Bonchev–Trinajstić information content (AvgIpc) is 3.35. The van der Waals surface area contributed by atoms with Crippen molar-refractivity contribution in [1.29, 1.82) is 0 Å². The highest BCUT2D eigenvalue weighted by Gasteiger charge is 2.32. The molecular weight excluding hydrogens is 574 g/mol. The number of aliphatic carboxylic acids is 1. The van der Waals surface area contributed by atoms with Gasteiger partial charge in [-0.05, 0) is 43.9 Å². The van der Waals surface area contributed by atoms with Crippen molar-refractivity contribution in [3.8, 4) is 11.3 Å². The number of aryl methyl sites for hydroxylation is 1. The second-order valence-corrected chi connectivity index (χ2v) is 11.8. The number of aromatic nitrogens is 3. The molecule has 2 aliphatic heterocycles. The summed E-state index contributed by atoms with van der Waals surface area (Å²) in [6.45, 7) is 8.67. The Labute approximate surface area is 245 Å². The van der Waals surface area contributed by atoms with Gasteiger partial charge in [0, 0.05) is 57.4 Å². The quantitative estimate of drug-likeness (QED) is 0.315. The Morgan fingerprint density at radius 2 is 1.74 bits per heavy atom. The van der Waals surface area contributed by atoms with Crippen molar-refractivity contribution < 1.29 is 27.5 Å². The van der Waals surface area contributed by atoms with Crippen LogP contribution in [0.2, 0.25) is 0 Å². The first-order valence-electron chi connectivity index (χ1n) is 13.9. The first-order chi connectivity index (χ1) is 19.9. The molecule has 2 aromatic heterocycles. The summed E-state index contributed by atoms with van der Waals surface area (Å²) in [6, 6.07) is 4.33. The van der Waals surface area contributed by atoms with Crippen molar-refractivity contribution in [2.45, 2.75) is 39.3 Å². The highest BCUT2D eigenvalue weighted by atomic mass is 32.1. The highest BCUT2D eigenvalue weighted by molar-refractivity contribution is 7.20. The first kappa shape index (κ1) is 30.0. The van der Waals surface area contributed by atoms with Gasteiger partial charge >= 0.3 is 12.1 Å². The van der Waals surface area contributed by atoms with Crippen molar-refractivity contribution in [2.24, 2.45) is 5.92 Å². The molecule has 42 heavy (non-hydrogen) atoms. The highest BCUT2D eigenvalue weighted by Crippen LogP contribution is 2.43. The molecular formula is C28H33F4N7O2S. The lowest BCUT2D eigenvalue weighted by Crippen LogP contribution is -2.47. The van der Waals surface area contributed by atoms with Crippen LogP contribution >= 0.6 is 11.3 Å². The van der Waals surface area contributed by atoms with Crippen molar-refractivity contribution in [3.63, 3.8) is 0 Å². The van der Waals surface area contributed by atoms with Crippen LogP contribution in [-0.2, 0) is 11.0 Å². The Morgan fingerprint density at radius 1 is 1.02 bits per heavy atom. The maximum absolute atomic E-state index is 14.4. The number of rotatable bonds is 8. The van der Waals surface area contributed by atoms with Gasteiger partial charge in [0.2, 0.25) is 0 Å². The Hall–Kier alpha value is -3.52. The third-order valence-electron chi connectivity index (χ3n) is 7.58. The third-order valence-corrected chi connectivity index (χ3v) is 8.61. The summed E-state index contributed by atoms with van der Waals surface area (Å²) < 4.78 is 55.0. The third kappa shape index (κ3) is 7.27. The minimum atomic E-state index is -4.69. The fraction of sp³-hybridized carbons (Fsp3) is 0.500. The number of hydrogen-bond donors (Lipinski definition) is 2. The fourth-order valence-electron chi connectivity index (χ4n) is 5.21. The number of anilines is 4. The lowest BCUT2D eigenvalue weighted by molar-refractivity contribution is -0.138. The van der Waals surface area contributed by atoms with Crippen LogP contribution in [0.4, 0.5) is 39.3 Å². The van der Waals surface area contributed by atoms with Gasteiger partial charge in [-0.15, -0.1) is 0 Å². The van der Waals surface area contributed by atoms with Crippen LogP contribution in [0.5, 0.6) is 0 Å². The van der Waals surface area contributed by atoms with E-state index in [4.69, 9.17) is 5.11 Å². The van der Waals surface area contributed by atoms with E-state index in [0.29, 0.717) is 78.0 Å². The van der Waals surface area contributed by atoms with E-state index >= 15 is 0 Å². The standard InChI is InChI=1S/C28H33F4N7O2S/c1-17-3-7-39(8-4-17)26-25(19-13-20(28(30,31)32)15-21(29)14-19)36-27(42-26)35-22-16-23(34-18(2)33-22)38-11-9-37(10-12-38)6-5-24(40)41/h13-17H,3-12H2,1-2H3,(H,40,41)(H,33,34,35,36). The topological polar surface area (TPSA) is 97.7 Å². The SMILES string of the molecule is Cc1nc(Nc2nc(-c3cc(F)cc(C(F)(F)F)c3)c(N3CCC(C)CC3)s2)cc(N2CCN(CCC(=O)O)CC2)n1. The van der Waals surface area contributed by atoms with Crippen molar-refractivity contribution in [2.75, 3.05) is 60.9 Å². The number of carboxylic acids is 1. The number of carbonyl (C=O) groups is 1. The zero-order chi connectivity index (χ0) is 30.0. The summed E-state index contributed by atoms with van der Waals surface area (Å²) >= 11 is 1.30. The number of halogens is 4. The van der Waals surface area contributed by atoms with E-state index in [1.54, 1.807) is 13.0 Å². The number of benzene rings is 1. The van der Waals surface area contributed by atoms with Gasteiger partial charge in [0.05, 0.1) is 12.0 Å².